The van der Waals surface area contributed by atoms with Crippen LogP contribution in [-0.2, 0) is 0 Å². The third-order valence-electron chi connectivity index (χ3n) is 4.34. The van der Waals surface area contributed by atoms with Gasteiger partial charge in [-0.2, -0.15) is 0 Å². The summed E-state index contributed by atoms with van der Waals surface area (Å²) in [6.45, 7) is 0.556. The maximum atomic E-state index is 11.4. The van der Waals surface area contributed by atoms with Gasteiger partial charge in [0.25, 0.3) is 5.91 Å². The van der Waals surface area contributed by atoms with Crippen molar-refractivity contribution in [3.63, 3.8) is 0 Å². The van der Waals surface area contributed by atoms with E-state index in [-0.39, 0.29) is 11.9 Å². The Morgan fingerprint density at radius 3 is 2.62 bits per heavy atom. The fourth-order valence-corrected chi connectivity index (χ4v) is 2.95. The summed E-state index contributed by atoms with van der Waals surface area (Å²) in [5, 5.41) is 9.53. The molecule has 7 heteroatoms. The number of anilines is 1. The normalized spacial score (nSPS) is 17.2. The first-order valence-electron chi connectivity index (χ1n) is 8.12. The van der Waals surface area contributed by atoms with Crippen LogP contribution in [0.1, 0.15) is 27.7 Å². The number of hydrogen-bond acceptors (Lipinski definition) is 4. The lowest BCUT2D eigenvalue weighted by Crippen LogP contribution is -2.44. The van der Waals surface area contributed by atoms with Crippen molar-refractivity contribution in [1.82, 2.24) is 10.3 Å². The number of hydrogen-bond donors (Lipinski definition) is 3. The molecule has 0 saturated heterocycles. The topological polar surface area (TPSA) is 98.9 Å². The maximum Gasteiger partial charge on any atom is 0.336 e. The van der Waals surface area contributed by atoms with Crippen LogP contribution < -0.4 is 16.2 Å². The van der Waals surface area contributed by atoms with Crippen LogP contribution in [0.15, 0.2) is 54.6 Å². The molecule has 0 radical (unpaired) electrons. The first kappa shape index (κ1) is 17.7. The molecular formula is C19H20N4O3. The molecule has 0 aromatic heterocycles. The van der Waals surface area contributed by atoms with Gasteiger partial charge in [0.05, 0.1) is 5.69 Å². The van der Waals surface area contributed by atoms with Crippen molar-refractivity contribution in [3.8, 4) is 0 Å². The minimum absolute atomic E-state index is 0.113. The van der Waals surface area contributed by atoms with E-state index < -0.39 is 6.23 Å². The number of nitrogens with two attached hydrogens (primary N) is 1. The Kier molecular flexibility index (Phi) is 5.01. The SMILES string of the molecule is CN1C(=O)c2ccccc2C1O.NNC(=O)N1CC=Cc2ccccc21. The summed E-state index contributed by atoms with van der Waals surface area (Å²) in [7, 11) is 1.59. The number of carbonyl (C=O) groups is 2. The Labute approximate surface area is 151 Å². The zero-order valence-electron chi connectivity index (χ0n) is 14.3. The molecule has 0 bridgehead atoms. The molecule has 4 N–H and O–H groups in total. The van der Waals surface area contributed by atoms with Gasteiger partial charge in [-0.05, 0) is 17.7 Å². The summed E-state index contributed by atoms with van der Waals surface area (Å²) in [6, 6.07) is 14.5. The van der Waals surface area contributed by atoms with Crippen LogP contribution >= 0.6 is 0 Å². The molecule has 2 aliphatic rings. The molecule has 0 fully saturated rings. The van der Waals surface area contributed by atoms with Crippen molar-refractivity contribution in [3.05, 3.63) is 71.3 Å². The van der Waals surface area contributed by atoms with Gasteiger partial charge >= 0.3 is 6.03 Å². The second kappa shape index (κ2) is 7.38. The van der Waals surface area contributed by atoms with Crippen LogP contribution in [0.5, 0.6) is 0 Å². The Morgan fingerprint density at radius 2 is 1.88 bits per heavy atom. The molecule has 0 aliphatic carbocycles. The number of amides is 3. The van der Waals surface area contributed by atoms with Gasteiger partial charge in [0.2, 0.25) is 0 Å². The number of nitrogens with zero attached hydrogens (tertiary/aromatic N) is 2. The lowest BCUT2D eigenvalue weighted by atomic mass is 10.1. The van der Waals surface area contributed by atoms with Gasteiger partial charge in [0.1, 0.15) is 0 Å². The van der Waals surface area contributed by atoms with E-state index in [1.807, 2.05) is 42.5 Å². The number of aliphatic hydroxyl groups excluding tert-OH is 1. The highest BCUT2D eigenvalue weighted by atomic mass is 16.3. The molecule has 0 spiro atoms. The van der Waals surface area contributed by atoms with Gasteiger partial charge in [-0.3, -0.25) is 15.1 Å². The van der Waals surface area contributed by atoms with Gasteiger partial charge in [-0.1, -0.05) is 48.6 Å². The first-order valence-corrected chi connectivity index (χ1v) is 8.12. The lowest BCUT2D eigenvalue weighted by Gasteiger charge is -2.25. The minimum atomic E-state index is -0.770. The number of fused-ring (bicyclic) bond motifs is 2. The van der Waals surface area contributed by atoms with Crippen LogP contribution in [0.4, 0.5) is 10.5 Å². The third kappa shape index (κ3) is 3.17. The highest BCUT2D eigenvalue weighted by Crippen LogP contribution is 2.29. The number of aliphatic hydroxyl groups is 1. The Hall–Kier alpha value is -3.16. The van der Waals surface area contributed by atoms with Crippen LogP contribution in [0, 0.1) is 0 Å². The van der Waals surface area contributed by atoms with Crippen molar-refractivity contribution in [2.24, 2.45) is 5.84 Å². The van der Waals surface area contributed by atoms with Gasteiger partial charge < -0.3 is 10.0 Å². The van der Waals surface area contributed by atoms with Crippen molar-refractivity contribution in [2.75, 3.05) is 18.5 Å². The number of urea groups is 1. The molecule has 2 aliphatic heterocycles. The molecule has 2 aromatic rings. The van der Waals surface area contributed by atoms with E-state index >= 15 is 0 Å². The molecule has 26 heavy (non-hydrogen) atoms. The summed E-state index contributed by atoms with van der Waals surface area (Å²) in [5.74, 6) is 4.98. The van der Waals surface area contributed by atoms with Crippen molar-refractivity contribution >= 4 is 23.7 Å². The van der Waals surface area contributed by atoms with Crippen molar-refractivity contribution in [1.29, 1.82) is 0 Å². The number of nitrogens with one attached hydrogen (secondary N) is 1. The van der Waals surface area contributed by atoms with Gasteiger partial charge in [0.15, 0.2) is 6.23 Å². The maximum absolute atomic E-state index is 11.4. The molecule has 2 aromatic carbocycles. The van der Waals surface area contributed by atoms with Crippen LogP contribution in [0.25, 0.3) is 6.08 Å². The zero-order valence-corrected chi connectivity index (χ0v) is 14.3. The van der Waals surface area contributed by atoms with E-state index in [9.17, 15) is 14.7 Å². The lowest BCUT2D eigenvalue weighted by molar-refractivity contribution is 0.0301. The van der Waals surface area contributed by atoms with Crippen LogP contribution in [-0.4, -0.2) is 35.5 Å². The van der Waals surface area contributed by atoms with E-state index in [1.165, 1.54) is 4.90 Å². The van der Waals surface area contributed by atoms with Crippen LogP contribution in [0.2, 0.25) is 0 Å². The summed E-state index contributed by atoms with van der Waals surface area (Å²) in [5.41, 5.74) is 5.35. The second-order valence-electron chi connectivity index (χ2n) is 5.90. The predicted molar refractivity (Wildman–Crippen MR) is 99.0 cm³/mol. The first-order chi connectivity index (χ1) is 12.5. The quantitative estimate of drug-likeness (QED) is 0.383. The number of rotatable bonds is 0. The number of carbonyl (C=O) groups excluding carboxylic acids is 2. The van der Waals surface area contributed by atoms with Crippen LogP contribution in [0.3, 0.4) is 0 Å². The highest BCUT2D eigenvalue weighted by molar-refractivity contribution is 5.98. The monoisotopic (exact) mass is 352 g/mol. The smallest absolute Gasteiger partial charge is 0.336 e. The standard InChI is InChI=1S/C10H11N3O.C9H9NO2/c11-12-10(14)13-7-3-5-8-4-1-2-6-9(8)13;1-10-8(11)6-4-2-3-5-7(6)9(10)12/h1-6H,7,11H2,(H,12,14);2-5,8,11H,1H3. The van der Waals surface area contributed by atoms with Crippen molar-refractivity contribution < 1.29 is 14.7 Å². The fourth-order valence-electron chi connectivity index (χ4n) is 2.95. The largest absolute Gasteiger partial charge is 0.369 e. The molecule has 0 saturated carbocycles. The third-order valence-corrected chi connectivity index (χ3v) is 4.34. The van der Waals surface area contributed by atoms with Gasteiger partial charge in [0, 0.05) is 24.7 Å². The van der Waals surface area contributed by atoms with Gasteiger partial charge in [-0.15, -0.1) is 0 Å². The number of para-hydroxylation sites is 1. The second-order valence-corrected chi connectivity index (χ2v) is 5.90. The molecule has 134 valence electrons. The van der Waals surface area contributed by atoms with E-state index in [4.69, 9.17) is 5.84 Å². The summed E-state index contributed by atoms with van der Waals surface area (Å²) < 4.78 is 0. The number of hydrazine groups is 1. The highest BCUT2D eigenvalue weighted by Gasteiger charge is 2.31. The molecule has 1 atom stereocenters. The van der Waals surface area contributed by atoms with Crippen molar-refractivity contribution in [2.45, 2.75) is 6.23 Å². The summed E-state index contributed by atoms with van der Waals surface area (Å²) >= 11 is 0. The minimum Gasteiger partial charge on any atom is -0.369 e. The Morgan fingerprint density at radius 1 is 1.19 bits per heavy atom. The van der Waals surface area contributed by atoms with E-state index in [0.717, 1.165) is 11.3 Å². The molecule has 4 rings (SSSR count). The summed E-state index contributed by atoms with van der Waals surface area (Å²) in [6.07, 6.45) is 3.15. The Bertz CT molecular complexity index is 865. The van der Waals surface area contributed by atoms with E-state index in [2.05, 4.69) is 5.43 Å². The Balaban J connectivity index is 0.000000152. The van der Waals surface area contributed by atoms with E-state index in [1.54, 1.807) is 30.1 Å². The number of benzene rings is 2. The summed E-state index contributed by atoms with van der Waals surface area (Å²) in [4.78, 5) is 25.7. The zero-order chi connectivity index (χ0) is 18.7. The predicted octanol–water partition coefficient (Wildman–Crippen LogP) is 1.87. The average Bonchev–Trinajstić information content (AvgIpc) is 2.92. The van der Waals surface area contributed by atoms with E-state index in [0.29, 0.717) is 17.7 Å². The molecular weight excluding hydrogens is 332 g/mol. The molecule has 1 unspecified atom stereocenters. The average molecular weight is 352 g/mol. The molecule has 3 amide bonds. The molecule has 2 heterocycles. The fraction of sp³-hybridized carbons (Fsp3) is 0.158. The molecule has 7 nitrogen and oxygen atoms in total. The van der Waals surface area contributed by atoms with Gasteiger partial charge in [-0.25, -0.2) is 10.6 Å².